The highest BCUT2D eigenvalue weighted by molar-refractivity contribution is 8.02. The number of carbonyl (C=O) groups is 3. The van der Waals surface area contributed by atoms with Crippen molar-refractivity contribution in [3.63, 3.8) is 0 Å². The standard InChI is InChI=1S/C32H42N4O4S/c1-4-35(5-2)24-15-13-23(14-16-24)34-30(39)28-32-21(3)19-25(41-32)26(27(32)31(40)36(28)17-9-10-18-37)29(38)33-20-22-11-7-6-8-12-22/h6-8,11-16,21,25-28,37H,4-5,9-10,17-20H2,1-3H3,(H,33,38)(H,34,39)/t21?,25-,26+,27-,28?,32?/m0/s1. The molecule has 8 nitrogen and oxygen atoms in total. The molecule has 3 amide bonds. The number of likely N-dealkylation sites (tertiary alicyclic amines) is 1. The van der Waals surface area contributed by atoms with E-state index in [2.05, 4.69) is 36.3 Å². The number of hydrogen-bond acceptors (Lipinski definition) is 6. The number of carbonyl (C=O) groups excluding carboxylic acids is 3. The third-order valence-corrected chi connectivity index (χ3v) is 11.3. The number of thioether (sulfide) groups is 1. The summed E-state index contributed by atoms with van der Waals surface area (Å²) in [5, 5.41) is 15.6. The van der Waals surface area contributed by atoms with Gasteiger partial charge in [0.1, 0.15) is 6.04 Å². The van der Waals surface area contributed by atoms with Crippen LogP contribution in [0.4, 0.5) is 11.4 Å². The van der Waals surface area contributed by atoms with E-state index in [-0.39, 0.29) is 35.5 Å². The molecule has 0 saturated carbocycles. The Morgan fingerprint density at radius 2 is 1.76 bits per heavy atom. The SMILES string of the molecule is CCN(CC)c1ccc(NC(=O)C2N(CCCCO)C(=O)[C@@H]3[C@H](C(=O)NCc4ccccc4)[C@@H]4CC(C)C23S4)cc1. The van der Waals surface area contributed by atoms with Gasteiger partial charge in [-0.2, -0.15) is 0 Å². The van der Waals surface area contributed by atoms with Gasteiger partial charge in [-0.1, -0.05) is 37.3 Å². The Balaban J connectivity index is 1.41. The molecule has 220 valence electrons. The summed E-state index contributed by atoms with van der Waals surface area (Å²) < 4.78 is -0.666. The number of amides is 3. The minimum atomic E-state index is -0.682. The molecule has 3 aliphatic heterocycles. The van der Waals surface area contributed by atoms with Gasteiger partial charge in [-0.15, -0.1) is 11.8 Å². The summed E-state index contributed by atoms with van der Waals surface area (Å²) in [5.74, 6) is -1.34. The van der Waals surface area contributed by atoms with Gasteiger partial charge in [0.05, 0.1) is 16.6 Å². The van der Waals surface area contributed by atoms with Crippen molar-refractivity contribution in [1.82, 2.24) is 10.2 Å². The first kappa shape index (κ1) is 29.5. The van der Waals surface area contributed by atoms with Crippen LogP contribution in [0.25, 0.3) is 0 Å². The van der Waals surface area contributed by atoms with E-state index in [1.54, 1.807) is 16.7 Å². The number of nitrogens with zero attached hydrogens (tertiary/aromatic N) is 2. The van der Waals surface area contributed by atoms with Crippen molar-refractivity contribution in [1.29, 1.82) is 0 Å². The van der Waals surface area contributed by atoms with Crippen LogP contribution in [-0.2, 0) is 20.9 Å². The Bertz CT molecular complexity index is 1240. The quantitative estimate of drug-likeness (QED) is 0.330. The minimum absolute atomic E-state index is 0.00188. The maximum Gasteiger partial charge on any atom is 0.248 e. The number of fused-ring (bicyclic) bond motifs is 1. The minimum Gasteiger partial charge on any atom is -0.396 e. The van der Waals surface area contributed by atoms with Gasteiger partial charge >= 0.3 is 0 Å². The zero-order chi connectivity index (χ0) is 29.1. The van der Waals surface area contributed by atoms with Crippen LogP contribution in [0.2, 0.25) is 0 Å². The van der Waals surface area contributed by atoms with Gasteiger partial charge in [0, 0.05) is 49.4 Å². The summed E-state index contributed by atoms with van der Waals surface area (Å²) >= 11 is 1.68. The molecule has 2 aromatic rings. The molecule has 3 N–H and O–H groups in total. The van der Waals surface area contributed by atoms with E-state index >= 15 is 0 Å². The number of hydrogen-bond donors (Lipinski definition) is 3. The highest BCUT2D eigenvalue weighted by Gasteiger charge is 2.75. The van der Waals surface area contributed by atoms with E-state index in [1.165, 1.54) is 0 Å². The first-order valence-electron chi connectivity index (χ1n) is 14.9. The van der Waals surface area contributed by atoms with Crippen LogP contribution in [0.1, 0.15) is 45.6 Å². The molecular weight excluding hydrogens is 536 g/mol. The van der Waals surface area contributed by atoms with E-state index in [1.807, 2.05) is 54.6 Å². The van der Waals surface area contributed by atoms with Crippen molar-refractivity contribution >= 4 is 40.9 Å². The lowest BCUT2D eigenvalue weighted by atomic mass is 9.66. The van der Waals surface area contributed by atoms with Crippen LogP contribution < -0.4 is 15.5 Å². The van der Waals surface area contributed by atoms with Gasteiger partial charge in [0.15, 0.2) is 0 Å². The number of anilines is 2. The Morgan fingerprint density at radius 3 is 2.41 bits per heavy atom. The van der Waals surface area contributed by atoms with Crippen LogP contribution in [0.5, 0.6) is 0 Å². The first-order valence-corrected chi connectivity index (χ1v) is 15.8. The topological polar surface area (TPSA) is 102 Å². The molecule has 41 heavy (non-hydrogen) atoms. The van der Waals surface area contributed by atoms with Crippen LogP contribution >= 0.6 is 11.8 Å². The third kappa shape index (κ3) is 5.34. The first-order chi connectivity index (χ1) is 19.8. The number of rotatable bonds is 12. The number of nitrogens with one attached hydrogen (secondary N) is 2. The fraction of sp³-hybridized carbons (Fsp3) is 0.531. The predicted molar refractivity (Wildman–Crippen MR) is 164 cm³/mol. The van der Waals surface area contributed by atoms with E-state index in [0.29, 0.717) is 31.6 Å². The van der Waals surface area contributed by atoms with Gasteiger partial charge in [-0.25, -0.2) is 0 Å². The second-order valence-corrected chi connectivity index (χ2v) is 13.0. The molecule has 2 aromatic carbocycles. The number of aliphatic hydroxyl groups is 1. The molecule has 9 heteroatoms. The van der Waals surface area contributed by atoms with Crippen LogP contribution in [0.3, 0.4) is 0 Å². The number of benzene rings is 2. The van der Waals surface area contributed by atoms with Crippen LogP contribution in [0, 0.1) is 17.8 Å². The Labute approximate surface area is 247 Å². The summed E-state index contributed by atoms with van der Waals surface area (Å²) in [6.07, 6.45) is 1.94. The molecule has 0 radical (unpaired) electrons. The van der Waals surface area contributed by atoms with Crippen molar-refractivity contribution in [2.75, 3.05) is 36.5 Å². The van der Waals surface area contributed by atoms with Gasteiger partial charge in [-0.05, 0) is 68.9 Å². The predicted octanol–water partition coefficient (Wildman–Crippen LogP) is 3.90. The summed E-state index contributed by atoms with van der Waals surface area (Å²) in [6, 6.07) is 16.9. The fourth-order valence-corrected chi connectivity index (χ4v) is 9.63. The lowest BCUT2D eigenvalue weighted by Crippen LogP contribution is -2.55. The van der Waals surface area contributed by atoms with Crippen molar-refractivity contribution in [2.45, 2.75) is 62.6 Å². The molecule has 3 fully saturated rings. The summed E-state index contributed by atoms with van der Waals surface area (Å²) in [6.45, 7) is 8.97. The smallest absolute Gasteiger partial charge is 0.248 e. The van der Waals surface area contributed by atoms with Gasteiger partial charge < -0.3 is 25.5 Å². The maximum atomic E-state index is 14.1. The Hall–Kier alpha value is -3.04. The third-order valence-electron chi connectivity index (χ3n) is 9.18. The normalized spacial score (nSPS) is 28.0. The van der Waals surface area contributed by atoms with Crippen LogP contribution in [0.15, 0.2) is 54.6 Å². The zero-order valence-corrected chi connectivity index (χ0v) is 25.0. The van der Waals surface area contributed by atoms with Crippen molar-refractivity contribution in [2.24, 2.45) is 17.8 Å². The van der Waals surface area contributed by atoms with Crippen LogP contribution in [-0.4, -0.2) is 70.0 Å². The molecular formula is C32H42N4O4S. The maximum absolute atomic E-state index is 14.1. The van der Waals surface area contributed by atoms with E-state index in [9.17, 15) is 19.5 Å². The molecule has 5 rings (SSSR count). The number of aliphatic hydroxyl groups excluding tert-OH is 1. The average molecular weight is 579 g/mol. The largest absolute Gasteiger partial charge is 0.396 e. The van der Waals surface area contributed by atoms with Crippen molar-refractivity contribution < 1.29 is 19.5 Å². The van der Waals surface area contributed by atoms with Crippen molar-refractivity contribution in [3.05, 3.63) is 60.2 Å². The summed E-state index contributed by atoms with van der Waals surface area (Å²) in [4.78, 5) is 45.8. The van der Waals surface area contributed by atoms with E-state index in [4.69, 9.17) is 0 Å². The summed E-state index contributed by atoms with van der Waals surface area (Å²) in [7, 11) is 0. The molecule has 6 atom stereocenters. The molecule has 3 aliphatic rings. The highest BCUT2D eigenvalue weighted by Crippen LogP contribution is 2.68. The van der Waals surface area contributed by atoms with Gasteiger partial charge in [0.25, 0.3) is 0 Å². The second-order valence-electron chi connectivity index (χ2n) is 11.4. The van der Waals surface area contributed by atoms with Gasteiger partial charge in [0.2, 0.25) is 17.7 Å². The molecule has 1 spiro atoms. The Morgan fingerprint density at radius 1 is 1.05 bits per heavy atom. The molecule has 2 bridgehead atoms. The molecule has 3 heterocycles. The monoisotopic (exact) mass is 578 g/mol. The molecule has 0 aromatic heterocycles. The lowest BCUT2D eigenvalue weighted by Gasteiger charge is -2.38. The Kier molecular flexibility index (Phi) is 8.94. The fourth-order valence-electron chi connectivity index (χ4n) is 7.21. The average Bonchev–Trinajstić information content (AvgIpc) is 3.57. The molecule has 0 aliphatic carbocycles. The lowest BCUT2D eigenvalue weighted by molar-refractivity contribution is -0.139. The van der Waals surface area contributed by atoms with Crippen molar-refractivity contribution in [3.8, 4) is 0 Å². The second kappa shape index (κ2) is 12.4. The van der Waals surface area contributed by atoms with E-state index < -0.39 is 22.6 Å². The molecule has 3 saturated heterocycles. The summed E-state index contributed by atoms with van der Waals surface area (Å²) in [5.41, 5.74) is 2.79. The van der Waals surface area contributed by atoms with Gasteiger partial charge in [-0.3, -0.25) is 14.4 Å². The highest BCUT2D eigenvalue weighted by atomic mass is 32.2. The molecule has 3 unspecified atom stereocenters. The van der Waals surface area contributed by atoms with E-state index in [0.717, 1.165) is 30.8 Å². The number of unbranched alkanes of at least 4 members (excludes halogenated alkanes) is 1. The zero-order valence-electron chi connectivity index (χ0n) is 24.2.